The first-order valence-corrected chi connectivity index (χ1v) is 0. The third kappa shape index (κ3) is 58.6. The Bertz CT molecular complexity index is 11.7. The summed E-state index contributed by atoms with van der Waals surface area (Å²) >= 11 is 0. The Morgan fingerprint density at radius 2 is 0.571 bits per heavy atom. The predicted molar refractivity (Wildman–Crippen MR) is 14.3 cm³/mol. The van der Waals surface area contributed by atoms with E-state index >= 15 is 0 Å². The monoisotopic (exact) mass is 414 g/mol. The second kappa shape index (κ2) is 78.1. The topological polar surface area (TPSA) is 114 Å². The van der Waals surface area contributed by atoms with Crippen LogP contribution in [0.2, 0.25) is 0 Å². The van der Waals surface area contributed by atoms with Gasteiger partial charge in [0, 0.05) is 0 Å². The van der Waals surface area contributed by atoms with Crippen molar-refractivity contribution < 1.29 is 49.2 Å². The van der Waals surface area contributed by atoms with Gasteiger partial charge in [-0.3, -0.25) is 0 Å². The maximum absolute atomic E-state index is 0. The minimum atomic E-state index is 0. The van der Waals surface area contributed by atoms with Crippen LogP contribution < -0.4 is 0 Å². The summed E-state index contributed by atoms with van der Waals surface area (Å²) in [5.74, 6) is 0. The molecule has 7 heteroatoms. The van der Waals surface area contributed by atoms with Gasteiger partial charge < -0.3 is 21.9 Å². The van der Waals surface area contributed by atoms with Crippen LogP contribution in [0.1, 0.15) is 0 Å². The summed E-state index contributed by atoms with van der Waals surface area (Å²) in [6.07, 6.45) is 0. The normalized spacial score (nSPS) is 0. The molecule has 0 spiro atoms. The maximum atomic E-state index is 0. The van der Waals surface area contributed by atoms with Crippen molar-refractivity contribution in [2.75, 3.05) is 0 Å². The Morgan fingerprint density at radius 1 is 0.571 bits per heavy atom. The van der Waals surface area contributed by atoms with E-state index in [-0.39, 0.29) is 99.5 Å². The van der Waals surface area contributed by atoms with Crippen molar-refractivity contribution in [3.8, 4) is 0 Å². The fraction of sp³-hybridized carbons (Fsp3) is 0. The molecule has 0 aliphatic rings. The van der Waals surface area contributed by atoms with Crippen LogP contribution in [-0.2, 0) is 49.2 Å². The zero-order valence-corrected chi connectivity index (χ0v) is 13.2. The van der Waals surface area contributed by atoms with Crippen LogP contribution in [-0.4, -0.2) is 50.3 Å². The first kappa shape index (κ1) is 112. The smallest absolute Gasteiger partial charge is 2.00 e. The van der Waals surface area contributed by atoms with Crippen molar-refractivity contribution in [1.29, 1.82) is 0 Å². The summed E-state index contributed by atoms with van der Waals surface area (Å²) in [5, 5.41) is 0. The molecule has 0 saturated carbocycles. The fourth-order valence-electron chi connectivity index (χ4n) is 0. The average molecular weight is 413 g/mol. The van der Waals surface area contributed by atoms with E-state index in [2.05, 4.69) is 0 Å². The molecule has 0 aromatic carbocycles. The molecule has 0 aliphatic carbocycles. The van der Waals surface area contributed by atoms with Gasteiger partial charge in [-0.25, -0.2) is 0 Å². The fourth-order valence-corrected chi connectivity index (χ4v) is 0. The van der Waals surface area contributed by atoms with E-state index in [1.807, 2.05) is 0 Å². The number of hydrogen-bond donors (Lipinski definition) is 0. The second-order valence-corrected chi connectivity index (χ2v) is 0. The van der Waals surface area contributed by atoms with Crippen molar-refractivity contribution in [2.45, 2.75) is 0 Å². The Hall–Kier alpha value is 2.45. The molecule has 0 heterocycles. The second-order valence-electron chi connectivity index (χ2n) is 0. The van der Waals surface area contributed by atoms with Gasteiger partial charge in [-0.15, -0.1) is 0 Å². The molecule has 34 valence electrons. The standard InChI is InChI=1S/Cd.In.4O.Sb/q+2;+3;4*-2;+3. The molecular formula is CdInO4Sb. The Morgan fingerprint density at radius 3 is 0.571 bits per heavy atom. The molecular weight excluding hydrogens is 413 g/mol. The van der Waals surface area contributed by atoms with Gasteiger partial charge in [-0.1, -0.05) is 0 Å². The third-order valence-corrected chi connectivity index (χ3v) is 0. The number of rotatable bonds is 0. The zero-order chi connectivity index (χ0) is 0. The van der Waals surface area contributed by atoms with E-state index in [1.165, 1.54) is 0 Å². The van der Waals surface area contributed by atoms with Gasteiger partial charge in [-0.2, -0.15) is 0 Å². The molecule has 7 heavy (non-hydrogen) atoms. The van der Waals surface area contributed by atoms with Gasteiger partial charge in [0.05, 0.1) is 0 Å². The number of hydrogen-bond acceptors (Lipinski definition) is 0. The van der Waals surface area contributed by atoms with E-state index in [0.29, 0.717) is 0 Å². The van der Waals surface area contributed by atoms with Crippen molar-refractivity contribution in [3.05, 3.63) is 0 Å². The van der Waals surface area contributed by atoms with Gasteiger partial charge in [0.1, 0.15) is 0 Å². The molecule has 0 N–H and O–H groups in total. The Kier molecular flexibility index (Phi) is 1250. The van der Waals surface area contributed by atoms with E-state index < -0.39 is 0 Å². The summed E-state index contributed by atoms with van der Waals surface area (Å²) in [6.45, 7) is 0. The molecule has 0 atom stereocenters. The zero-order valence-electron chi connectivity index (χ0n) is 3.36. The summed E-state index contributed by atoms with van der Waals surface area (Å²) in [7, 11) is 0. The first-order chi connectivity index (χ1) is 0. The predicted octanol–water partition coefficient (Wildman–Crippen LogP) is -1.24. The molecule has 0 fully saturated rings. The molecule has 2 radical (unpaired) electrons. The van der Waals surface area contributed by atoms with Gasteiger partial charge in [0.15, 0.2) is 0 Å². The molecule has 0 saturated heterocycles. The van der Waals surface area contributed by atoms with Gasteiger partial charge in [-0.05, 0) is 0 Å². The molecule has 0 unspecified atom stereocenters. The van der Waals surface area contributed by atoms with Crippen LogP contribution in [0.25, 0.3) is 0 Å². The molecule has 0 amide bonds. The SMILES string of the molecule is [Cd+2].[In+3].[O-2].[O-2].[O-2].[O-2].[Sb+3]. The van der Waals surface area contributed by atoms with Crippen LogP contribution in [0.5, 0.6) is 0 Å². The molecule has 0 aromatic rings. The summed E-state index contributed by atoms with van der Waals surface area (Å²) in [6, 6.07) is 0. The third-order valence-electron chi connectivity index (χ3n) is 0. The molecule has 0 aliphatic heterocycles. The minimum absolute atomic E-state index is 0. The maximum Gasteiger partial charge on any atom is 3.00 e. The summed E-state index contributed by atoms with van der Waals surface area (Å²) in [4.78, 5) is 0. The van der Waals surface area contributed by atoms with E-state index in [4.69, 9.17) is 0 Å². The van der Waals surface area contributed by atoms with Crippen LogP contribution in [0.3, 0.4) is 0 Å². The Balaban J connectivity index is 0. The van der Waals surface area contributed by atoms with Gasteiger partial charge >= 0.3 is 77.6 Å². The van der Waals surface area contributed by atoms with Crippen molar-refractivity contribution >= 4 is 50.3 Å². The molecule has 0 aromatic heterocycles. The van der Waals surface area contributed by atoms with Crippen LogP contribution >= 0.6 is 0 Å². The van der Waals surface area contributed by atoms with Crippen molar-refractivity contribution in [1.82, 2.24) is 0 Å². The van der Waals surface area contributed by atoms with Crippen molar-refractivity contribution in [2.24, 2.45) is 0 Å². The van der Waals surface area contributed by atoms with Crippen LogP contribution in [0.4, 0.5) is 0 Å². The van der Waals surface area contributed by atoms with Crippen molar-refractivity contribution in [3.63, 3.8) is 0 Å². The Labute approximate surface area is 98.1 Å². The quantitative estimate of drug-likeness (QED) is 0.443. The summed E-state index contributed by atoms with van der Waals surface area (Å²) in [5.41, 5.74) is 0. The van der Waals surface area contributed by atoms with E-state index in [0.717, 1.165) is 0 Å². The van der Waals surface area contributed by atoms with E-state index in [9.17, 15) is 0 Å². The van der Waals surface area contributed by atoms with E-state index in [1.54, 1.807) is 0 Å². The van der Waals surface area contributed by atoms with Crippen LogP contribution in [0.15, 0.2) is 0 Å². The van der Waals surface area contributed by atoms with Gasteiger partial charge in [0.2, 0.25) is 0 Å². The summed E-state index contributed by atoms with van der Waals surface area (Å²) < 4.78 is 0. The first-order valence-electron chi connectivity index (χ1n) is 0. The largest absolute Gasteiger partial charge is 3.00 e. The molecule has 0 rings (SSSR count). The average Bonchev–Trinajstić information content (AvgIpc) is 0. The molecule has 4 nitrogen and oxygen atoms in total. The molecule has 0 bridgehead atoms. The minimum Gasteiger partial charge on any atom is -2.00 e. The van der Waals surface area contributed by atoms with Crippen LogP contribution in [0, 0.1) is 0 Å². The van der Waals surface area contributed by atoms with Gasteiger partial charge in [0.25, 0.3) is 0 Å².